The SMILES string of the molecule is Cc1ccc(/C=C(/Sc2nnc(-c3ccccc3Cl)o2)C(=O)O)s1. The van der Waals surface area contributed by atoms with E-state index in [0.717, 1.165) is 21.5 Å². The number of benzene rings is 1. The Labute approximate surface area is 151 Å². The molecule has 1 aromatic carbocycles. The number of nitrogens with zero attached hydrogens (tertiary/aromatic N) is 2. The first-order chi connectivity index (χ1) is 11.5. The Balaban J connectivity index is 1.85. The van der Waals surface area contributed by atoms with Gasteiger partial charge in [0, 0.05) is 9.75 Å². The van der Waals surface area contributed by atoms with Crippen LogP contribution in [0, 0.1) is 6.92 Å². The van der Waals surface area contributed by atoms with E-state index in [1.54, 1.807) is 30.3 Å². The fourth-order valence-electron chi connectivity index (χ4n) is 1.88. The zero-order chi connectivity index (χ0) is 17.1. The third-order valence-corrected chi connectivity index (χ3v) is 5.08. The molecule has 0 aliphatic heterocycles. The molecule has 2 heterocycles. The highest BCUT2D eigenvalue weighted by Gasteiger charge is 2.17. The Bertz CT molecular complexity index is 917. The number of thioether (sulfide) groups is 1. The van der Waals surface area contributed by atoms with Gasteiger partial charge in [0.25, 0.3) is 5.22 Å². The van der Waals surface area contributed by atoms with E-state index in [1.165, 1.54) is 11.3 Å². The van der Waals surface area contributed by atoms with Gasteiger partial charge in [0.05, 0.1) is 10.6 Å². The number of carboxylic acid groups (broad SMARTS) is 1. The van der Waals surface area contributed by atoms with Gasteiger partial charge in [0.15, 0.2) is 0 Å². The number of carbonyl (C=O) groups is 1. The highest BCUT2D eigenvalue weighted by molar-refractivity contribution is 8.03. The Morgan fingerprint density at radius 2 is 2.08 bits per heavy atom. The van der Waals surface area contributed by atoms with Crippen molar-refractivity contribution in [3.05, 3.63) is 56.1 Å². The van der Waals surface area contributed by atoms with Gasteiger partial charge < -0.3 is 9.52 Å². The molecule has 0 bridgehead atoms. The van der Waals surface area contributed by atoms with Crippen LogP contribution in [-0.4, -0.2) is 21.3 Å². The zero-order valence-electron chi connectivity index (χ0n) is 12.4. The number of aliphatic carboxylic acids is 1. The van der Waals surface area contributed by atoms with Crippen LogP contribution in [0.4, 0.5) is 0 Å². The number of thiophene rings is 1. The van der Waals surface area contributed by atoms with Crippen LogP contribution in [0.25, 0.3) is 17.5 Å². The second-order valence-corrected chi connectivity index (χ2v) is 7.44. The summed E-state index contributed by atoms with van der Waals surface area (Å²) in [6, 6.07) is 10.9. The number of aryl methyl sites for hydroxylation is 1. The van der Waals surface area contributed by atoms with Gasteiger partial charge in [0.2, 0.25) is 5.89 Å². The predicted octanol–water partition coefficient (Wildman–Crippen LogP) is 4.98. The molecular formula is C16H11ClN2O3S2. The number of aromatic nitrogens is 2. The van der Waals surface area contributed by atoms with Crippen LogP contribution in [-0.2, 0) is 4.79 Å². The summed E-state index contributed by atoms with van der Waals surface area (Å²) in [4.78, 5) is 13.5. The molecule has 0 fully saturated rings. The summed E-state index contributed by atoms with van der Waals surface area (Å²) in [5, 5.41) is 17.8. The van der Waals surface area contributed by atoms with Gasteiger partial charge in [-0.2, -0.15) is 0 Å². The molecule has 8 heteroatoms. The minimum absolute atomic E-state index is 0.103. The number of carboxylic acids is 1. The smallest absolute Gasteiger partial charge is 0.342 e. The molecule has 0 unspecified atom stereocenters. The van der Waals surface area contributed by atoms with Gasteiger partial charge in [-0.3, -0.25) is 0 Å². The zero-order valence-corrected chi connectivity index (χ0v) is 14.8. The van der Waals surface area contributed by atoms with Crippen molar-refractivity contribution >= 4 is 46.7 Å². The number of rotatable bonds is 5. The molecule has 0 aliphatic carbocycles. The topological polar surface area (TPSA) is 76.2 Å². The average Bonchev–Trinajstić information content (AvgIpc) is 3.16. The van der Waals surface area contributed by atoms with Crippen molar-refractivity contribution in [2.45, 2.75) is 12.1 Å². The lowest BCUT2D eigenvalue weighted by atomic mass is 10.2. The van der Waals surface area contributed by atoms with E-state index in [2.05, 4.69) is 10.2 Å². The monoisotopic (exact) mass is 378 g/mol. The maximum Gasteiger partial charge on any atom is 0.342 e. The third-order valence-electron chi connectivity index (χ3n) is 2.95. The average molecular weight is 379 g/mol. The molecule has 0 amide bonds. The summed E-state index contributed by atoms with van der Waals surface area (Å²) < 4.78 is 5.53. The lowest BCUT2D eigenvalue weighted by molar-refractivity contribution is -0.131. The summed E-state index contributed by atoms with van der Waals surface area (Å²) in [6.07, 6.45) is 1.59. The fraction of sp³-hybridized carbons (Fsp3) is 0.0625. The number of hydrogen-bond donors (Lipinski definition) is 1. The second-order valence-electron chi connectivity index (χ2n) is 4.72. The molecule has 0 radical (unpaired) electrons. The Morgan fingerprint density at radius 3 is 2.75 bits per heavy atom. The van der Waals surface area contributed by atoms with Crippen LogP contribution in [0.15, 0.2) is 50.9 Å². The first-order valence-electron chi connectivity index (χ1n) is 6.80. The van der Waals surface area contributed by atoms with Gasteiger partial charge in [0.1, 0.15) is 4.91 Å². The molecule has 0 aliphatic rings. The molecule has 24 heavy (non-hydrogen) atoms. The molecule has 0 spiro atoms. The Kier molecular flexibility index (Phi) is 5.03. The molecule has 3 rings (SSSR count). The van der Waals surface area contributed by atoms with Gasteiger partial charge in [-0.1, -0.05) is 23.7 Å². The summed E-state index contributed by atoms with van der Waals surface area (Å²) in [6.45, 7) is 1.96. The largest absolute Gasteiger partial charge is 0.477 e. The molecule has 0 saturated heterocycles. The van der Waals surface area contributed by atoms with Crippen molar-refractivity contribution in [3.63, 3.8) is 0 Å². The Morgan fingerprint density at radius 1 is 1.29 bits per heavy atom. The third kappa shape index (κ3) is 3.87. The lowest BCUT2D eigenvalue weighted by Crippen LogP contribution is -1.96. The highest BCUT2D eigenvalue weighted by Crippen LogP contribution is 2.33. The molecule has 1 N–H and O–H groups in total. The summed E-state index contributed by atoms with van der Waals surface area (Å²) in [7, 11) is 0. The van der Waals surface area contributed by atoms with Crippen LogP contribution >= 0.6 is 34.7 Å². The van der Waals surface area contributed by atoms with Crippen LogP contribution in [0.3, 0.4) is 0 Å². The molecule has 5 nitrogen and oxygen atoms in total. The van der Waals surface area contributed by atoms with Crippen molar-refractivity contribution in [2.24, 2.45) is 0 Å². The van der Waals surface area contributed by atoms with Gasteiger partial charge >= 0.3 is 5.97 Å². The summed E-state index contributed by atoms with van der Waals surface area (Å²) in [5.74, 6) is -0.802. The Hall–Kier alpha value is -2.09. The van der Waals surface area contributed by atoms with Gasteiger partial charge in [-0.15, -0.1) is 21.5 Å². The van der Waals surface area contributed by atoms with Crippen LogP contribution in [0.5, 0.6) is 0 Å². The van der Waals surface area contributed by atoms with Crippen molar-refractivity contribution in [1.82, 2.24) is 10.2 Å². The van der Waals surface area contributed by atoms with E-state index < -0.39 is 5.97 Å². The van der Waals surface area contributed by atoms with E-state index in [-0.39, 0.29) is 16.0 Å². The molecular weight excluding hydrogens is 368 g/mol. The van der Waals surface area contributed by atoms with Crippen LogP contribution in [0.2, 0.25) is 5.02 Å². The van der Waals surface area contributed by atoms with Crippen molar-refractivity contribution in [2.75, 3.05) is 0 Å². The van der Waals surface area contributed by atoms with Crippen LogP contribution in [0.1, 0.15) is 9.75 Å². The van der Waals surface area contributed by atoms with E-state index >= 15 is 0 Å². The van der Waals surface area contributed by atoms with E-state index in [9.17, 15) is 9.90 Å². The minimum Gasteiger partial charge on any atom is -0.477 e. The van der Waals surface area contributed by atoms with Gasteiger partial charge in [-0.05, 0) is 49.0 Å². The van der Waals surface area contributed by atoms with E-state index in [4.69, 9.17) is 16.0 Å². The summed E-state index contributed by atoms with van der Waals surface area (Å²) in [5.41, 5.74) is 0.605. The molecule has 0 saturated carbocycles. The first-order valence-corrected chi connectivity index (χ1v) is 8.82. The maximum absolute atomic E-state index is 11.5. The predicted molar refractivity (Wildman–Crippen MR) is 95.3 cm³/mol. The minimum atomic E-state index is -1.05. The standard InChI is InChI=1S/C16H11ClN2O3S2/c1-9-6-7-10(23-9)8-13(15(20)21)24-16-19-18-14(22-16)11-4-2-3-5-12(11)17/h2-8H,1H3,(H,20,21)/b13-8+. The van der Waals surface area contributed by atoms with E-state index in [1.807, 2.05) is 19.1 Å². The van der Waals surface area contributed by atoms with E-state index in [0.29, 0.717) is 10.6 Å². The lowest BCUT2D eigenvalue weighted by Gasteiger charge is -1.98. The maximum atomic E-state index is 11.5. The van der Waals surface area contributed by atoms with Crippen LogP contribution < -0.4 is 0 Å². The van der Waals surface area contributed by atoms with Crippen molar-refractivity contribution in [1.29, 1.82) is 0 Å². The quantitative estimate of drug-likeness (QED) is 0.498. The van der Waals surface area contributed by atoms with Crippen molar-refractivity contribution in [3.8, 4) is 11.5 Å². The van der Waals surface area contributed by atoms with Crippen molar-refractivity contribution < 1.29 is 14.3 Å². The second kappa shape index (κ2) is 7.21. The number of halogens is 1. The molecule has 2 aromatic heterocycles. The summed E-state index contributed by atoms with van der Waals surface area (Å²) >= 11 is 8.51. The normalized spacial score (nSPS) is 11.7. The molecule has 122 valence electrons. The first kappa shape index (κ1) is 16.8. The van der Waals surface area contributed by atoms with Gasteiger partial charge in [-0.25, -0.2) is 4.79 Å². The number of hydrogen-bond acceptors (Lipinski definition) is 6. The molecule has 3 aromatic rings. The highest BCUT2D eigenvalue weighted by atomic mass is 35.5. The fourth-order valence-corrected chi connectivity index (χ4v) is 3.66. The molecule has 0 atom stereocenters.